The summed E-state index contributed by atoms with van der Waals surface area (Å²) in [5.41, 5.74) is 3.93. The van der Waals surface area contributed by atoms with Gasteiger partial charge < -0.3 is 30.8 Å². The van der Waals surface area contributed by atoms with E-state index in [-0.39, 0.29) is 18.7 Å². The Balaban J connectivity index is 1.81. The maximum Gasteiger partial charge on any atom is 0.315 e. The summed E-state index contributed by atoms with van der Waals surface area (Å²) >= 11 is 0. The smallest absolute Gasteiger partial charge is 0.315 e. The monoisotopic (exact) mass is 680 g/mol. The van der Waals surface area contributed by atoms with Crippen molar-refractivity contribution in [2.75, 3.05) is 6.26 Å². The Morgan fingerprint density at radius 2 is 1.62 bits per heavy atom. The largest absolute Gasteiger partial charge is 0.467 e. The minimum atomic E-state index is -4.00. The Hall–Kier alpha value is -4.49. The molecule has 4 amide bonds. The molecule has 3 aromatic rings. The van der Waals surface area contributed by atoms with Crippen LogP contribution in [0, 0.1) is 0 Å². The molecule has 2 heterocycles. The Morgan fingerprint density at radius 3 is 2.21 bits per heavy atom. The van der Waals surface area contributed by atoms with Crippen molar-refractivity contribution in [1.29, 1.82) is 0 Å². The quantitative estimate of drug-likeness (QED) is 0.129. The summed E-state index contributed by atoms with van der Waals surface area (Å²) in [6, 6.07) is 17.1. The van der Waals surface area contributed by atoms with Gasteiger partial charge in [0.25, 0.3) is 5.91 Å². The van der Waals surface area contributed by atoms with Gasteiger partial charge in [0, 0.05) is 12.7 Å². The van der Waals surface area contributed by atoms with Crippen molar-refractivity contribution in [3.8, 4) is 11.1 Å². The number of unbranched alkanes of at least 4 members (excludes halogenated alkanes) is 2. The second-order valence-corrected chi connectivity index (χ2v) is 15.3. The zero-order valence-electron chi connectivity index (χ0n) is 27.9. The van der Waals surface area contributed by atoms with Crippen molar-refractivity contribution >= 4 is 33.5 Å². The number of hydrogen-bond acceptors (Lipinski definition) is 8. The second-order valence-electron chi connectivity index (χ2n) is 12.7. The SMILES string of the molecule is CCCCCC(=O)C(c1ccccc1-c1ccccc1)[C@]1(NC(=O)[C@@H](NC(=O)NCc2ccco2)C(C)(C)S(C)(=O)=O)O[C@]1(C)C(N)=O. The van der Waals surface area contributed by atoms with Crippen LogP contribution in [-0.4, -0.2) is 60.4 Å². The predicted octanol–water partition coefficient (Wildman–Crippen LogP) is 3.96. The highest BCUT2D eigenvalue weighted by molar-refractivity contribution is 7.92. The first-order valence-corrected chi connectivity index (χ1v) is 17.7. The van der Waals surface area contributed by atoms with E-state index in [2.05, 4.69) is 16.0 Å². The Kier molecular flexibility index (Phi) is 10.8. The summed E-state index contributed by atoms with van der Waals surface area (Å²) in [5, 5.41) is 7.76. The van der Waals surface area contributed by atoms with E-state index in [4.69, 9.17) is 14.9 Å². The van der Waals surface area contributed by atoms with Gasteiger partial charge in [0.05, 0.1) is 23.5 Å². The molecule has 1 aromatic heterocycles. The molecule has 0 radical (unpaired) electrons. The van der Waals surface area contributed by atoms with Crippen molar-refractivity contribution < 1.29 is 36.7 Å². The van der Waals surface area contributed by atoms with Crippen LogP contribution in [0.15, 0.2) is 77.4 Å². The van der Waals surface area contributed by atoms with Gasteiger partial charge in [-0.05, 0) is 56.0 Å². The fourth-order valence-corrected chi connectivity index (χ4v) is 6.40. The average molecular weight is 681 g/mol. The number of rotatable bonds is 16. The topological polar surface area (TPSA) is 190 Å². The fourth-order valence-electron chi connectivity index (χ4n) is 5.81. The lowest BCUT2D eigenvalue weighted by molar-refractivity contribution is -0.128. The number of nitrogens with two attached hydrogens (primary N) is 1. The molecule has 48 heavy (non-hydrogen) atoms. The summed E-state index contributed by atoms with van der Waals surface area (Å²) in [7, 11) is -4.00. The van der Waals surface area contributed by atoms with Crippen molar-refractivity contribution in [1.82, 2.24) is 16.0 Å². The Labute approximate surface area is 281 Å². The molecule has 13 heteroatoms. The van der Waals surface area contributed by atoms with Gasteiger partial charge in [-0.25, -0.2) is 13.2 Å². The van der Waals surface area contributed by atoms with Crippen LogP contribution in [0.2, 0.25) is 0 Å². The number of ether oxygens (including phenoxy) is 1. The van der Waals surface area contributed by atoms with Crippen LogP contribution in [0.4, 0.5) is 4.79 Å². The number of nitrogens with one attached hydrogen (secondary N) is 3. The second kappa shape index (κ2) is 14.3. The van der Waals surface area contributed by atoms with Gasteiger partial charge in [-0.1, -0.05) is 74.4 Å². The van der Waals surface area contributed by atoms with Crippen LogP contribution < -0.4 is 21.7 Å². The molecule has 1 aliphatic rings. The first-order valence-electron chi connectivity index (χ1n) is 15.8. The first kappa shape index (κ1) is 36.3. The van der Waals surface area contributed by atoms with Crippen LogP contribution in [0.25, 0.3) is 11.1 Å². The van der Waals surface area contributed by atoms with Crippen molar-refractivity contribution in [3.05, 3.63) is 84.3 Å². The van der Waals surface area contributed by atoms with E-state index in [1.165, 1.54) is 27.0 Å². The highest BCUT2D eigenvalue weighted by atomic mass is 32.2. The van der Waals surface area contributed by atoms with E-state index in [0.29, 0.717) is 23.3 Å². The van der Waals surface area contributed by atoms with Gasteiger partial charge in [0.1, 0.15) is 17.6 Å². The van der Waals surface area contributed by atoms with Crippen molar-refractivity contribution in [2.45, 2.75) is 88.0 Å². The molecule has 0 saturated carbocycles. The third-order valence-electron chi connectivity index (χ3n) is 9.11. The van der Waals surface area contributed by atoms with Crippen LogP contribution in [0.5, 0.6) is 0 Å². The fraction of sp³-hybridized carbons (Fsp3) is 0.429. The number of primary amides is 1. The third kappa shape index (κ3) is 7.31. The van der Waals surface area contributed by atoms with Crippen LogP contribution >= 0.6 is 0 Å². The van der Waals surface area contributed by atoms with Crippen LogP contribution in [-0.2, 0) is 35.5 Å². The number of epoxide rings is 1. The number of carbonyl (C=O) groups excluding carboxylic acids is 4. The molecular formula is C35H44N4O8S. The molecule has 1 aliphatic heterocycles. The number of carbonyl (C=O) groups is 4. The van der Waals surface area contributed by atoms with Gasteiger partial charge in [-0.3, -0.25) is 14.4 Å². The summed E-state index contributed by atoms with van der Waals surface area (Å²) in [5.74, 6) is -3.04. The van der Waals surface area contributed by atoms with Gasteiger partial charge in [0.2, 0.25) is 5.91 Å². The molecule has 0 bridgehead atoms. The maximum atomic E-state index is 14.4. The molecule has 1 unspecified atom stereocenters. The minimum Gasteiger partial charge on any atom is -0.467 e. The number of sulfone groups is 1. The molecule has 5 N–H and O–H groups in total. The molecule has 4 rings (SSSR count). The minimum absolute atomic E-state index is 0.0378. The number of furan rings is 1. The number of Topliss-reactive ketones (excluding diaryl/α,β-unsaturated/α-hetero) is 1. The van der Waals surface area contributed by atoms with Gasteiger partial charge in [-0.2, -0.15) is 0 Å². The van der Waals surface area contributed by atoms with Crippen LogP contribution in [0.3, 0.4) is 0 Å². The Morgan fingerprint density at radius 1 is 0.958 bits per heavy atom. The lowest BCUT2D eigenvalue weighted by Gasteiger charge is -2.35. The molecule has 1 saturated heterocycles. The molecule has 1 fully saturated rings. The lowest BCUT2D eigenvalue weighted by atomic mass is 9.77. The van der Waals surface area contributed by atoms with Gasteiger partial charge >= 0.3 is 6.03 Å². The molecule has 258 valence electrons. The van der Waals surface area contributed by atoms with E-state index in [1.807, 2.05) is 49.4 Å². The molecule has 4 atom stereocenters. The molecule has 12 nitrogen and oxygen atoms in total. The maximum absolute atomic E-state index is 14.4. The average Bonchev–Trinajstić information content (AvgIpc) is 3.34. The highest BCUT2D eigenvalue weighted by Gasteiger charge is 2.77. The van der Waals surface area contributed by atoms with E-state index in [0.717, 1.165) is 24.7 Å². The van der Waals surface area contributed by atoms with E-state index in [9.17, 15) is 27.6 Å². The van der Waals surface area contributed by atoms with Crippen molar-refractivity contribution in [2.24, 2.45) is 5.73 Å². The van der Waals surface area contributed by atoms with Crippen LogP contribution in [0.1, 0.15) is 70.6 Å². The Bertz CT molecular complexity index is 1740. The van der Waals surface area contributed by atoms with E-state index in [1.54, 1.807) is 24.3 Å². The summed E-state index contributed by atoms with van der Waals surface area (Å²) < 4.78 is 35.5. The number of hydrogen-bond donors (Lipinski definition) is 4. The standard InChI is InChI=1S/C35H44N4O8S/c1-6-7-9-20-27(40)28(26-19-13-12-18-25(26)23-15-10-8-11-16-23)35(34(4,47-35)31(36)42)39-30(41)29(33(2,3)48(5,44)45)38-32(43)37-22-24-17-14-21-46-24/h8,10-19,21,28-29H,6-7,9,20,22H2,1-5H3,(H2,36,42)(H,39,41)(H2,37,38,43)/t28?,29-,34-,35+/m1/s1. The van der Waals surface area contributed by atoms with Gasteiger partial charge in [-0.15, -0.1) is 0 Å². The summed E-state index contributed by atoms with van der Waals surface area (Å²) in [6.45, 7) is 5.94. The zero-order chi connectivity index (χ0) is 35.3. The van der Waals surface area contributed by atoms with Gasteiger partial charge in [0.15, 0.2) is 21.2 Å². The third-order valence-corrected chi connectivity index (χ3v) is 11.3. The summed E-state index contributed by atoms with van der Waals surface area (Å²) in [4.78, 5) is 54.7. The zero-order valence-corrected chi connectivity index (χ0v) is 28.7. The van der Waals surface area contributed by atoms with E-state index < -0.39 is 55.7 Å². The number of ketones is 1. The predicted molar refractivity (Wildman–Crippen MR) is 180 cm³/mol. The summed E-state index contributed by atoms with van der Waals surface area (Å²) in [6.07, 6.45) is 4.67. The first-order chi connectivity index (χ1) is 22.6. The molecule has 0 aliphatic carbocycles. The van der Waals surface area contributed by atoms with Crippen molar-refractivity contribution in [3.63, 3.8) is 0 Å². The van der Waals surface area contributed by atoms with E-state index >= 15 is 0 Å². The normalized spacial score (nSPS) is 20.3. The number of urea groups is 1. The molecule has 2 aromatic carbocycles. The highest BCUT2D eigenvalue weighted by Crippen LogP contribution is 2.56. The number of benzene rings is 2. The molecular weight excluding hydrogens is 636 g/mol. The lowest BCUT2D eigenvalue weighted by Crippen LogP contribution is -2.65. The number of amides is 4. The molecule has 0 spiro atoms.